The molecule has 0 amide bonds. The van der Waals surface area contributed by atoms with E-state index in [1.165, 1.54) is 12.1 Å². The van der Waals surface area contributed by atoms with E-state index in [1.54, 1.807) is 12.1 Å². The second-order valence-corrected chi connectivity index (χ2v) is 8.82. The molecule has 2 aromatic rings. The van der Waals surface area contributed by atoms with Crippen molar-refractivity contribution in [2.45, 2.75) is 26.1 Å². The number of benzene rings is 1. The van der Waals surface area contributed by atoms with Crippen molar-refractivity contribution in [1.82, 2.24) is 19.6 Å². The molecule has 4 rings (SSSR count). The molecular weight excluding hydrogens is 435 g/mol. The van der Waals surface area contributed by atoms with Crippen molar-refractivity contribution >= 4 is 5.82 Å². The van der Waals surface area contributed by atoms with E-state index < -0.39 is 6.36 Å². The number of nitrogens with zero attached hydrogens (tertiary/aromatic N) is 5. The van der Waals surface area contributed by atoms with Crippen LogP contribution in [0, 0.1) is 0 Å². The standard InChI is InChI=1S/C23H32F3N5O2/c1-18(2)21-17-22(27-31(21)19-3-5-20(6-4-19)33-23(24,25)26)30-11-9-28(10-12-30)7-8-29-13-15-32-16-14-29/h3-6,17-18H,7-16H2,1-2H3. The predicted molar refractivity (Wildman–Crippen MR) is 120 cm³/mol. The van der Waals surface area contributed by atoms with Crippen LogP contribution in [0.3, 0.4) is 0 Å². The number of hydrogen-bond donors (Lipinski definition) is 0. The number of anilines is 1. The van der Waals surface area contributed by atoms with E-state index in [2.05, 4.69) is 39.4 Å². The Labute approximate surface area is 192 Å². The lowest BCUT2D eigenvalue weighted by atomic mass is 10.1. The first-order valence-electron chi connectivity index (χ1n) is 11.5. The van der Waals surface area contributed by atoms with Gasteiger partial charge in [-0.05, 0) is 30.2 Å². The lowest BCUT2D eigenvalue weighted by Gasteiger charge is -2.36. The molecule has 2 aliphatic heterocycles. The quantitative estimate of drug-likeness (QED) is 0.623. The normalized spacial score (nSPS) is 18.8. The zero-order valence-corrected chi connectivity index (χ0v) is 19.2. The maximum atomic E-state index is 12.5. The van der Waals surface area contributed by atoms with Gasteiger partial charge in [0.2, 0.25) is 0 Å². The van der Waals surface area contributed by atoms with Gasteiger partial charge in [-0.3, -0.25) is 9.80 Å². The molecule has 0 aliphatic carbocycles. The molecule has 0 unspecified atom stereocenters. The number of halogens is 3. The molecule has 1 aromatic carbocycles. The summed E-state index contributed by atoms with van der Waals surface area (Å²) in [5, 5.41) is 4.81. The zero-order chi connectivity index (χ0) is 23.4. The lowest BCUT2D eigenvalue weighted by Crippen LogP contribution is -2.49. The van der Waals surface area contributed by atoms with E-state index in [9.17, 15) is 13.2 Å². The van der Waals surface area contributed by atoms with Gasteiger partial charge in [0.25, 0.3) is 0 Å². The Morgan fingerprint density at radius 3 is 2.12 bits per heavy atom. The number of morpholine rings is 1. The highest BCUT2D eigenvalue weighted by Gasteiger charge is 2.31. The van der Waals surface area contributed by atoms with Crippen molar-refractivity contribution in [1.29, 1.82) is 0 Å². The maximum Gasteiger partial charge on any atom is 0.573 e. The van der Waals surface area contributed by atoms with Crippen LogP contribution in [-0.2, 0) is 4.74 Å². The van der Waals surface area contributed by atoms with E-state index in [0.717, 1.165) is 77.1 Å². The summed E-state index contributed by atoms with van der Waals surface area (Å²) in [4.78, 5) is 7.23. The van der Waals surface area contributed by atoms with Gasteiger partial charge in [-0.2, -0.15) is 5.10 Å². The average Bonchev–Trinajstić information content (AvgIpc) is 3.24. The Bertz CT molecular complexity index is 886. The highest BCUT2D eigenvalue weighted by Crippen LogP contribution is 2.28. The fourth-order valence-corrected chi connectivity index (χ4v) is 4.25. The Hall–Kier alpha value is -2.30. The monoisotopic (exact) mass is 467 g/mol. The second-order valence-electron chi connectivity index (χ2n) is 8.82. The van der Waals surface area contributed by atoms with Gasteiger partial charge in [-0.1, -0.05) is 13.8 Å². The molecular formula is C23H32F3N5O2. The largest absolute Gasteiger partial charge is 0.573 e. The third-order valence-electron chi connectivity index (χ3n) is 6.16. The van der Waals surface area contributed by atoms with Crippen molar-refractivity contribution < 1.29 is 22.6 Å². The van der Waals surface area contributed by atoms with Gasteiger partial charge in [0.1, 0.15) is 5.75 Å². The van der Waals surface area contributed by atoms with Crippen molar-refractivity contribution in [2.75, 3.05) is 70.5 Å². The minimum atomic E-state index is -4.70. The molecule has 33 heavy (non-hydrogen) atoms. The summed E-state index contributed by atoms with van der Waals surface area (Å²) >= 11 is 0. The molecule has 0 radical (unpaired) electrons. The smallest absolute Gasteiger partial charge is 0.406 e. The van der Waals surface area contributed by atoms with Crippen LogP contribution in [0.2, 0.25) is 0 Å². The van der Waals surface area contributed by atoms with Gasteiger partial charge in [0.05, 0.1) is 18.9 Å². The van der Waals surface area contributed by atoms with Crippen molar-refractivity contribution in [3.63, 3.8) is 0 Å². The van der Waals surface area contributed by atoms with Gasteiger partial charge < -0.3 is 14.4 Å². The topological polar surface area (TPSA) is 46.0 Å². The van der Waals surface area contributed by atoms with Crippen LogP contribution in [0.5, 0.6) is 5.75 Å². The number of alkyl halides is 3. The minimum Gasteiger partial charge on any atom is -0.406 e. The first-order valence-corrected chi connectivity index (χ1v) is 11.5. The Balaban J connectivity index is 1.38. The Kier molecular flexibility index (Phi) is 7.45. The summed E-state index contributed by atoms with van der Waals surface area (Å²) in [6, 6.07) is 7.94. The molecule has 2 saturated heterocycles. The lowest BCUT2D eigenvalue weighted by molar-refractivity contribution is -0.274. The molecule has 7 nitrogen and oxygen atoms in total. The van der Waals surface area contributed by atoms with E-state index in [-0.39, 0.29) is 11.7 Å². The molecule has 0 bridgehead atoms. The van der Waals surface area contributed by atoms with Crippen LogP contribution in [0.25, 0.3) is 5.69 Å². The average molecular weight is 468 g/mol. The maximum absolute atomic E-state index is 12.5. The third kappa shape index (κ3) is 6.39. The summed E-state index contributed by atoms with van der Waals surface area (Å²) in [5.74, 6) is 0.882. The number of piperazine rings is 1. The number of aromatic nitrogens is 2. The van der Waals surface area contributed by atoms with Crippen LogP contribution in [0.15, 0.2) is 30.3 Å². The summed E-state index contributed by atoms with van der Waals surface area (Å²) in [6.07, 6.45) is -4.70. The van der Waals surface area contributed by atoms with Gasteiger partial charge in [0, 0.05) is 64.1 Å². The highest BCUT2D eigenvalue weighted by atomic mass is 19.4. The van der Waals surface area contributed by atoms with Crippen LogP contribution >= 0.6 is 0 Å². The summed E-state index contributed by atoms with van der Waals surface area (Å²) in [7, 11) is 0. The molecule has 2 aliphatic rings. The first kappa shape index (κ1) is 23.8. The number of ether oxygens (including phenoxy) is 2. The SMILES string of the molecule is CC(C)c1cc(N2CCN(CCN3CCOCC3)CC2)nn1-c1ccc(OC(F)(F)F)cc1. The van der Waals surface area contributed by atoms with Crippen LogP contribution in [0.1, 0.15) is 25.5 Å². The van der Waals surface area contributed by atoms with Gasteiger partial charge >= 0.3 is 6.36 Å². The summed E-state index contributed by atoms with van der Waals surface area (Å²) in [6.45, 7) is 13.7. The van der Waals surface area contributed by atoms with Crippen LogP contribution in [0.4, 0.5) is 19.0 Å². The van der Waals surface area contributed by atoms with Crippen LogP contribution in [-0.4, -0.2) is 91.5 Å². The van der Waals surface area contributed by atoms with Crippen molar-refractivity contribution in [2.24, 2.45) is 0 Å². The fourth-order valence-electron chi connectivity index (χ4n) is 4.25. The molecule has 182 valence electrons. The molecule has 0 saturated carbocycles. The predicted octanol–water partition coefficient (Wildman–Crippen LogP) is 3.35. The molecule has 0 N–H and O–H groups in total. The van der Waals surface area contributed by atoms with E-state index in [4.69, 9.17) is 9.84 Å². The van der Waals surface area contributed by atoms with E-state index in [1.807, 2.05) is 4.68 Å². The van der Waals surface area contributed by atoms with Gasteiger partial charge in [-0.25, -0.2) is 4.68 Å². The van der Waals surface area contributed by atoms with Crippen LogP contribution < -0.4 is 9.64 Å². The van der Waals surface area contributed by atoms with E-state index in [0.29, 0.717) is 5.69 Å². The first-order chi connectivity index (χ1) is 15.8. The number of rotatable bonds is 7. The summed E-state index contributed by atoms with van der Waals surface area (Å²) in [5.41, 5.74) is 1.73. The molecule has 10 heteroatoms. The minimum absolute atomic E-state index is 0.215. The molecule has 0 spiro atoms. The van der Waals surface area contributed by atoms with Gasteiger partial charge in [0.15, 0.2) is 5.82 Å². The third-order valence-corrected chi connectivity index (χ3v) is 6.16. The molecule has 1 aromatic heterocycles. The molecule has 0 atom stereocenters. The highest BCUT2D eigenvalue weighted by molar-refractivity contribution is 5.46. The number of hydrogen-bond acceptors (Lipinski definition) is 6. The summed E-state index contributed by atoms with van der Waals surface area (Å²) < 4.78 is 48.6. The van der Waals surface area contributed by atoms with Crippen molar-refractivity contribution in [3.8, 4) is 11.4 Å². The molecule has 3 heterocycles. The van der Waals surface area contributed by atoms with Gasteiger partial charge in [-0.15, -0.1) is 13.2 Å². The molecule has 2 fully saturated rings. The zero-order valence-electron chi connectivity index (χ0n) is 19.2. The Morgan fingerprint density at radius 1 is 0.939 bits per heavy atom. The van der Waals surface area contributed by atoms with E-state index >= 15 is 0 Å². The van der Waals surface area contributed by atoms with Crippen molar-refractivity contribution in [3.05, 3.63) is 36.0 Å². The Morgan fingerprint density at radius 2 is 1.55 bits per heavy atom. The second kappa shape index (κ2) is 10.3. The fraction of sp³-hybridized carbons (Fsp3) is 0.609.